The maximum atomic E-state index is 13.2. The first kappa shape index (κ1) is 19.1. The molecule has 0 spiro atoms. The van der Waals surface area contributed by atoms with Crippen molar-refractivity contribution < 1.29 is 17.5 Å². The van der Waals surface area contributed by atoms with E-state index < -0.39 is 15.9 Å². The number of halogens is 1. The van der Waals surface area contributed by atoms with Crippen LogP contribution in [0, 0.1) is 0 Å². The third-order valence-electron chi connectivity index (χ3n) is 3.48. The molecular formula is C18H21FN2O3S. The molecule has 134 valence electrons. The van der Waals surface area contributed by atoms with Crippen LogP contribution >= 0.6 is 0 Å². The summed E-state index contributed by atoms with van der Waals surface area (Å²) in [4.78, 5) is 0.112. The number of benzene rings is 2. The molecule has 1 atom stereocenters. The third kappa shape index (κ3) is 5.67. The second kappa shape index (κ2) is 8.75. The molecule has 5 nitrogen and oxygen atoms in total. The first-order chi connectivity index (χ1) is 11.9. The van der Waals surface area contributed by atoms with E-state index in [0.29, 0.717) is 5.75 Å². The van der Waals surface area contributed by atoms with Gasteiger partial charge in [0.2, 0.25) is 10.0 Å². The van der Waals surface area contributed by atoms with E-state index in [0.717, 1.165) is 5.56 Å². The first-order valence-corrected chi connectivity index (χ1v) is 9.25. The Bertz CT molecular complexity index is 806. The Balaban J connectivity index is 2.03. The Kier molecular flexibility index (Phi) is 6.69. The maximum Gasteiger partial charge on any atom is 0.241 e. The smallest absolute Gasteiger partial charge is 0.241 e. The Morgan fingerprint density at radius 1 is 1.20 bits per heavy atom. The topological polar surface area (TPSA) is 81.4 Å². The molecule has 2 rings (SSSR count). The van der Waals surface area contributed by atoms with E-state index in [1.807, 2.05) is 30.3 Å². The lowest BCUT2D eigenvalue weighted by atomic mass is 10.1. The molecule has 2 aromatic rings. The van der Waals surface area contributed by atoms with E-state index >= 15 is 0 Å². The zero-order chi connectivity index (χ0) is 18.3. The molecule has 0 saturated carbocycles. The van der Waals surface area contributed by atoms with Gasteiger partial charge in [0.05, 0.1) is 4.90 Å². The lowest BCUT2D eigenvalue weighted by molar-refractivity contribution is 0.318. The van der Waals surface area contributed by atoms with Gasteiger partial charge >= 0.3 is 0 Å². The molecule has 1 unspecified atom stereocenters. The predicted octanol–water partition coefficient (Wildman–Crippen LogP) is 2.92. The Morgan fingerprint density at radius 3 is 2.44 bits per heavy atom. The summed E-state index contributed by atoms with van der Waals surface area (Å²) in [6, 6.07) is 14.7. The van der Waals surface area contributed by atoms with Gasteiger partial charge in [-0.1, -0.05) is 30.3 Å². The maximum absolute atomic E-state index is 13.2. The number of nitrogens with two attached hydrogens (primary N) is 1. The summed E-state index contributed by atoms with van der Waals surface area (Å²) >= 11 is 0. The normalized spacial score (nSPS) is 13.5. The molecule has 3 N–H and O–H groups in total. The van der Waals surface area contributed by atoms with Gasteiger partial charge in [-0.3, -0.25) is 0 Å². The quantitative estimate of drug-likeness (QED) is 0.755. The van der Waals surface area contributed by atoms with Gasteiger partial charge in [0.1, 0.15) is 18.2 Å². The van der Waals surface area contributed by atoms with Gasteiger partial charge in [0.15, 0.2) is 0 Å². The van der Waals surface area contributed by atoms with E-state index in [9.17, 15) is 12.8 Å². The molecule has 0 heterocycles. The molecule has 0 amide bonds. The van der Waals surface area contributed by atoms with Gasteiger partial charge in [0, 0.05) is 12.6 Å². The van der Waals surface area contributed by atoms with Gasteiger partial charge in [-0.25, -0.2) is 17.5 Å². The SMILES string of the molecule is CC(NS(=O)(=O)c1ccc(OC/C(F)=C/CN)cc1)c1ccccc1. The fraction of sp³-hybridized carbons (Fsp3) is 0.222. The molecule has 2 aromatic carbocycles. The molecule has 0 bridgehead atoms. The highest BCUT2D eigenvalue weighted by molar-refractivity contribution is 7.89. The molecule has 0 aromatic heterocycles. The largest absolute Gasteiger partial charge is 0.487 e. The van der Waals surface area contributed by atoms with Gasteiger partial charge in [0.25, 0.3) is 0 Å². The monoisotopic (exact) mass is 364 g/mol. The standard InChI is InChI=1S/C18H21FN2O3S/c1-14(15-5-3-2-4-6-15)21-25(22,23)18-9-7-17(8-10-18)24-13-16(19)11-12-20/h2-11,14,21H,12-13,20H2,1H3/b16-11-. The number of nitrogens with one attached hydrogen (secondary N) is 1. The molecule has 0 aliphatic heterocycles. The lowest BCUT2D eigenvalue weighted by Gasteiger charge is -2.15. The van der Waals surface area contributed by atoms with Crippen molar-refractivity contribution in [3.63, 3.8) is 0 Å². The van der Waals surface area contributed by atoms with Gasteiger partial charge < -0.3 is 10.5 Å². The van der Waals surface area contributed by atoms with Crippen molar-refractivity contribution in [3.05, 3.63) is 72.1 Å². The summed E-state index contributed by atoms with van der Waals surface area (Å²) in [6.45, 7) is 1.63. The van der Waals surface area contributed by atoms with Crippen LogP contribution in [0.4, 0.5) is 4.39 Å². The molecule has 0 aliphatic rings. The summed E-state index contributed by atoms with van der Waals surface area (Å²) in [5.41, 5.74) is 6.07. The van der Waals surface area contributed by atoms with Gasteiger partial charge in [-0.15, -0.1) is 0 Å². The fourth-order valence-corrected chi connectivity index (χ4v) is 3.40. The van der Waals surface area contributed by atoms with Crippen molar-refractivity contribution >= 4 is 10.0 Å². The molecule has 25 heavy (non-hydrogen) atoms. The highest BCUT2D eigenvalue weighted by Crippen LogP contribution is 2.19. The number of sulfonamides is 1. The Hall–Kier alpha value is -2.22. The van der Waals surface area contributed by atoms with Crippen molar-refractivity contribution in [2.75, 3.05) is 13.2 Å². The highest BCUT2D eigenvalue weighted by Gasteiger charge is 2.18. The average Bonchev–Trinajstić information content (AvgIpc) is 2.61. The molecule has 0 aliphatic carbocycles. The number of hydrogen-bond acceptors (Lipinski definition) is 4. The average molecular weight is 364 g/mol. The van der Waals surface area contributed by atoms with Crippen molar-refractivity contribution in [2.24, 2.45) is 5.73 Å². The van der Waals surface area contributed by atoms with Crippen molar-refractivity contribution in [2.45, 2.75) is 17.9 Å². The van der Waals surface area contributed by atoms with Gasteiger partial charge in [-0.2, -0.15) is 0 Å². The summed E-state index contributed by atoms with van der Waals surface area (Å²) in [6.07, 6.45) is 1.22. The van der Waals surface area contributed by atoms with E-state index in [4.69, 9.17) is 10.5 Å². The molecule has 0 fully saturated rings. The predicted molar refractivity (Wildman–Crippen MR) is 95.4 cm³/mol. The van der Waals surface area contributed by atoms with Gasteiger partial charge in [-0.05, 0) is 42.8 Å². The first-order valence-electron chi connectivity index (χ1n) is 7.77. The molecular weight excluding hydrogens is 343 g/mol. The minimum atomic E-state index is -3.67. The van der Waals surface area contributed by atoms with Crippen LogP contribution in [-0.4, -0.2) is 21.6 Å². The zero-order valence-corrected chi connectivity index (χ0v) is 14.7. The second-order valence-electron chi connectivity index (χ2n) is 5.40. The Morgan fingerprint density at radius 2 is 1.84 bits per heavy atom. The highest BCUT2D eigenvalue weighted by atomic mass is 32.2. The third-order valence-corrected chi connectivity index (χ3v) is 5.04. The van der Waals surface area contributed by atoms with Crippen molar-refractivity contribution in [1.82, 2.24) is 4.72 Å². The lowest BCUT2D eigenvalue weighted by Crippen LogP contribution is -2.26. The number of hydrogen-bond donors (Lipinski definition) is 2. The Labute approximate surface area is 147 Å². The van der Waals surface area contributed by atoms with Crippen LogP contribution in [0.5, 0.6) is 5.75 Å². The summed E-state index contributed by atoms with van der Waals surface area (Å²) in [7, 11) is -3.67. The van der Waals surface area contributed by atoms with Crippen LogP contribution in [-0.2, 0) is 10.0 Å². The summed E-state index contributed by atoms with van der Waals surface area (Å²) < 4.78 is 45.9. The summed E-state index contributed by atoms with van der Waals surface area (Å²) in [5.74, 6) is -0.104. The second-order valence-corrected chi connectivity index (χ2v) is 7.11. The minimum absolute atomic E-state index is 0.0949. The van der Waals surface area contributed by atoms with E-state index in [2.05, 4.69) is 4.72 Å². The van der Waals surface area contributed by atoms with E-state index in [-0.39, 0.29) is 24.1 Å². The molecule has 7 heteroatoms. The zero-order valence-electron chi connectivity index (χ0n) is 13.9. The van der Waals surface area contributed by atoms with Crippen LogP contribution in [0.15, 0.2) is 71.4 Å². The number of rotatable bonds is 8. The molecule has 0 saturated heterocycles. The van der Waals surface area contributed by atoms with Crippen LogP contribution in [0.25, 0.3) is 0 Å². The van der Waals surface area contributed by atoms with Crippen molar-refractivity contribution in [1.29, 1.82) is 0 Å². The van der Waals surface area contributed by atoms with E-state index in [1.165, 1.54) is 30.3 Å². The van der Waals surface area contributed by atoms with Crippen LogP contribution in [0.3, 0.4) is 0 Å². The molecule has 0 radical (unpaired) electrons. The van der Waals surface area contributed by atoms with E-state index in [1.54, 1.807) is 6.92 Å². The van der Waals surface area contributed by atoms with Crippen LogP contribution in [0.2, 0.25) is 0 Å². The fourth-order valence-electron chi connectivity index (χ4n) is 2.16. The van der Waals surface area contributed by atoms with Crippen LogP contribution in [0.1, 0.15) is 18.5 Å². The summed E-state index contributed by atoms with van der Waals surface area (Å²) in [5, 5.41) is 0. The number of ether oxygens (including phenoxy) is 1. The minimum Gasteiger partial charge on any atom is -0.487 e. The van der Waals surface area contributed by atoms with Crippen molar-refractivity contribution in [3.8, 4) is 5.75 Å². The van der Waals surface area contributed by atoms with Crippen LogP contribution < -0.4 is 15.2 Å².